The first-order valence-electron chi connectivity index (χ1n) is 4.38. The van der Waals surface area contributed by atoms with Gasteiger partial charge in [0.05, 0.1) is 11.0 Å². The van der Waals surface area contributed by atoms with E-state index in [0.29, 0.717) is 0 Å². The molecule has 0 amide bonds. The van der Waals surface area contributed by atoms with Gasteiger partial charge in [-0.25, -0.2) is 8.42 Å². The van der Waals surface area contributed by atoms with E-state index in [1.807, 2.05) is 0 Å². The van der Waals surface area contributed by atoms with Crippen LogP contribution in [0.5, 0.6) is 0 Å². The second-order valence-corrected chi connectivity index (χ2v) is 6.13. The predicted molar refractivity (Wildman–Crippen MR) is 53.7 cm³/mol. The molecule has 0 radical (unpaired) electrons. The van der Waals surface area contributed by atoms with Gasteiger partial charge in [-0.3, -0.25) is 4.79 Å². The first-order chi connectivity index (χ1) is 6.18. The van der Waals surface area contributed by atoms with Crippen LogP contribution in [-0.4, -0.2) is 36.5 Å². The Morgan fingerprint density at radius 2 is 1.79 bits per heavy atom. The largest absolute Gasteiger partial charge is 0.480 e. The quantitative estimate of drug-likeness (QED) is 0.676. The number of hydrogen-bond acceptors (Lipinski definition) is 4. The number of nitrogens with two attached hydrogens (primary N) is 1. The molecule has 5 nitrogen and oxygen atoms in total. The molecule has 3 N–H and O–H groups in total. The topological polar surface area (TPSA) is 97.5 Å². The molecule has 84 valence electrons. The molecule has 0 aliphatic carbocycles. The molecule has 0 saturated carbocycles. The summed E-state index contributed by atoms with van der Waals surface area (Å²) in [5.41, 5.74) is 5.16. The van der Waals surface area contributed by atoms with Crippen LogP contribution in [-0.2, 0) is 14.6 Å². The zero-order chi connectivity index (χ0) is 11.5. The average molecular weight is 223 g/mol. The van der Waals surface area contributed by atoms with Crippen LogP contribution in [0, 0.1) is 5.92 Å². The van der Waals surface area contributed by atoms with Crippen molar-refractivity contribution in [3.63, 3.8) is 0 Å². The molecule has 0 heterocycles. The van der Waals surface area contributed by atoms with Gasteiger partial charge < -0.3 is 10.8 Å². The lowest BCUT2D eigenvalue weighted by Crippen LogP contribution is -2.40. The van der Waals surface area contributed by atoms with E-state index >= 15 is 0 Å². The van der Waals surface area contributed by atoms with E-state index in [0.717, 1.165) is 0 Å². The summed E-state index contributed by atoms with van der Waals surface area (Å²) in [4.78, 5) is 10.4. The van der Waals surface area contributed by atoms with E-state index in [9.17, 15) is 13.2 Å². The van der Waals surface area contributed by atoms with Gasteiger partial charge in [0.1, 0.15) is 6.04 Å². The lowest BCUT2D eigenvalue weighted by Gasteiger charge is -2.17. The lowest BCUT2D eigenvalue weighted by molar-refractivity contribution is -0.137. The summed E-state index contributed by atoms with van der Waals surface area (Å²) in [5, 5.41) is 7.91. The van der Waals surface area contributed by atoms with Gasteiger partial charge in [0.15, 0.2) is 9.84 Å². The van der Waals surface area contributed by atoms with Crippen LogP contribution in [0.4, 0.5) is 0 Å². The average Bonchev–Trinajstić information content (AvgIpc) is 2.01. The molecular formula is C8H17NO4S. The highest BCUT2D eigenvalue weighted by Crippen LogP contribution is 2.12. The fourth-order valence-electron chi connectivity index (χ4n) is 0.888. The Bertz CT molecular complexity index is 296. The highest BCUT2D eigenvalue weighted by atomic mass is 32.2. The molecule has 6 heteroatoms. The maximum absolute atomic E-state index is 11.5. The van der Waals surface area contributed by atoms with Gasteiger partial charge in [0, 0.05) is 0 Å². The highest BCUT2D eigenvalue weighted by Gasteiger charge is 2.28. The minimum atomic E-state index is -3.41. The SMILES string of the molecule is CC(C)C(C)S(=O)(=O)CC(N)C(=O)O. The second kappa shape index (κ2) is 4.75. The standard InChI is InChI=1S/C8H17NO4S/c1-5(2)6(3)14(12,13)4-7(9)8(10)11/h5-7H,4,9H2,1-3H3,(H,10,11). The molecule has 0 aliphatic heterocycles. The minimum absolute atomic E-state index is 0.0407. The number of rotatable bonds is 5. The van der Waals surface area contributed by atoms with Gasteiger partial charge in [0.25, 0.3) is 0 Å². The Hall–Kier alpha value is -0.620. The number of sulfone groups is 1. The summed E-state index contributed by atoms with van der Waals surface area (Å²) in [6.07, 6.45) is 0. The Morgan fingerprint density at radius 1 is 1.36 bits per heavy atom. The molecule has 0 bridgehead atoms. The van der Waals surface area contributed by atoms with Gasteiger partial charge in [0.2, 0.25) is 0 Å². The molecule has 0 aromatic carbocycles. The summed E-state index contributed by atoms with van der Waals surface area (Å²) >= 11 is 0. The van der Waals surface area contributed by atoms with Crippen LogP contribution >= 0.6 is 0 Å². The van der Waals surface area contributed by atoms with Crippen molar-refractivity contribution in [1.29, 1.82) is 0 Å². The highest BCUT2D eigenvalue weighted by molar-refractivity contribution is 7.92. The van der Waals surface area contributed by atoms with E-state index in [4.69, 9.17) is 10.8 Å². The van der Waals surface area contributed by atoms with Gasteiger partial charge in [-0.1, -0.05) is 13.8 Å². The van der Waals surface area contributed by atoms with Gasteiger partial charge >= 0.3 is 5.97 Å². The van der Waals surface area contributed by atoms with Crippen LogP contribution in [0.1, 0.15) is 20.8 Å². The molecule has 0 spiro atoms. The number of hydrogen-bond donors (Lipinski definition) is 2. The number of carbonyl (C=O) groups is 1. The molecule has 0 fully saturated rings. The third-order valence-corrected chi connectivity index (χ3v) is 4.74. The molecule has 14 heavy (non-hydrogen) atoms. The lowest BCUT2D eigenvalue weighted by atomic mass is 10.2. The van der Waals surface area contributed by atoms with E-state index in [1.54, 1.807) is 20.8 Å². The van der Waals surface area contributed by atoms with Crippen molar-refractivity contribution in [2.45, 2.75) is 32.1 Å². The zero-order valence-corrected chi connectivity index (χ0v) is 9.41. The molecule has 0 rings (SSSR count). The van der Waals surface area contributed by atoms with E-state index < -0.39 is 32.9 Å². The molecule has 0 saturated heterocycles. The molecule has 0 aromatic rings. The van der Waals surface area contributed by atoms with Crippen molar-refractivity contribution in [2.75, 3.05) is 5.75 Å². The van der Waals surface area contributed by atoms with Crippen molar-refractivity contribution < 1.29 is 18.3 Å². The Kier molecular flexibility index (Phi) is 4.54. The Labute approximate surface area is 84.2 Å². The van der Waals surface area contributed by atoms with Crippen molar-refractivity contribution >= 4 is 15.8 Å². The third kappa shape index (κ3) is 3.63. The number of aliphatic carboxylic acids is 1. The molecule has 0 aliphatic rings. The van der Waals surface area contributed by atoms with E-state index in [2.05, 4.69) is 0 Å². The molecule has 2 unspecified atom stereocenters. The maximum Gasteiger partial charge on any atom is 0.321 e. The molecule has 2 atom stereocenters. The Morgan fingerprint density at radius 3 is 2.07 bits per heavy atom. The summed E-state index contributed by atoms with van der Waals surface area (Å²) in [6.45, 7) is 5.11. The summed E-state index contributed by atoms with van der Waals surface area (Å²) in [5.74, 6) is -1.83. The first-order valence-corrected chi connectivity index (χ1v) is 6.10. The predicted octanol–water partition coefficient (Wildman–Crippen LogP) is -0.142. The van der Waals surface area contributed by atoms with E-state index in [-0.39, 0.29) is 5.92 Å². The molecule has 0 aromatic heterocycles. The third-order valence-electron chi connectivity index (χ3n) is 2.23. The van der Waals surface area contributed by atoms with Crippen molar-refractivity contribution in [3.05, 3.63) is 0 Å². The first kappa shape index (κ1) is 13.4. The summed E-state index contributed by atoms with van der Waals surface area (Å²) in [6, 6.07) is -1.33. The van der Waals surface area contributed by atoms with E-state index in [1.165, 1.54) is 0 Å². The van der Waals surface area contributed by atoms with Crippen molar-refractivity contribution in [3.8, 4) is 0 Å². The monoisotopic (exact) mass is 223 g/mol. The van der Waals surface area contributed by atoms with Crippen LogP contribution < -0.4 is 5.73 Å². The van der Waals surface area contributed by atoms with Crippen LogP contribution in [0.3, 0.4) is 0 Å². The fraction of sp³-hybridized carbons (Fsp3) is 0.875. The number of carboxylic acids is 1. The van der Waals surface area contributed by atoms with Gasteiger partial charge in [-0.15, -0.1) is 0 Å². The van der Waals surface area contributed by atoms with Crippen LogP contribution in [0.15, 0.2) is 0 Å². The maximum atomic E-state index is 11.5. The van der Waals surface area contributed by atoms with Crippen molar-refractivity contribution in [2.24, 2.45) is 11.7 Å². The Balaban J connectivity index is 4.58. The van der Waals surface area contributed by atoms with Crippen LogP contribution in [0.25, 0.3) is 0 Å². The fourth-order valence-corrected chi connectivity index (χ4v) is 2.66. The summed E-state index contributed by atoms with van der Waals surface area (Å²) in [7, 11) is -3.41. The number of carboxylic acid groups (broad SMARTS) is 1. The van der Waals surface area contributed by atoms with Crippen LogP contribution in [0.2, 0.25) is 0 Å². The second-order valence-electron chi connectivity index (χ2n) is 3.72. The molecular weight excluding hydrogens is 206 g/mol. The van der Waals surface area contributed by atoms with Crippen molar-refractivity contribution in [1.82, 2.24) is 0 Å². The van der Waals surface area contributed by atoms with Gasteiger partial charge in [-0.2, -0.15) is 0 Å². The normalized spacial score (nSPS) is 16.6. The summed E-state index contributed by atoms with van der Waals surface area (Å²) < 4.78 is 23.1. The minimum Gasteiger partial charge on any atom is -0.480 e. The smallest absolute Gasteiger partial charge is 0.321 e. The van der Waals surface area contributed by atoms with Gasteiger partial charge in [-0.05, 0) is 12.8 Å². The zero-order valence-electron chi connectivity index (χ0n) is 8.60.